The molecule has 2 heterocycles. The summed E-state index contributed by atoms with van der Waals surface area (Å²) in [6, 6.07) is 10.1. The summed E-state index contributed by atoms with van der Waals surface area (Å²) in [7, 11) is 0. The van der Waals surface area contributed by atoms with Crippen LogP contribution in [0.15, 0.2) is 45.6 Å². The van der Waals surface area contributed by atoms with Crippen LogP contribution in [-0.4, -0.2) is 9.97 Å². The summed E-state index contributed by atoms with van der Waals surface area (Å²) in [4.78, 5) is 18.1. The molecule has 0 saturated heterocycles. The molecule has 5 nitrogen and oxygen atoms in total. The Labute approximate surface area is 95.9 Å². The van der Waals surface area contributed by atoms with E-state index in [2.05, 4.69) is 9.97 Å². The van der Waals surface area contributed by atoms with Gasteiger partial charge in [-0.3, -0.25) is 4.79 Å². The first-order valence-electron chi connectivity index (χ1n) is 5.09. The molecule has 0 aliphatic rings. The summed E-state index contributed by atoms with van der Waals surface area (Å²) in [6.45, 7) is 0. The molecule has 3 N–H and O–H groups in total. The van der Waals surface area contributed by atoms with Crippen molar-refractivity contribution in [2.75, 3.05) is 5.73 Å². The Morgan fingerprint density at radius 1 is 1.18 bits per heavy atom. The van der Waals surface area contributed by atoms with E-state index in [1.807, 2.05) is 0 Å². The lowest BCUT2D eigenvalue weighted by molar-refractivity contribution is 0.616. The summed E-state index contributed by atoms with van der Waals surface area (Å²) in [6.07, 6.45) is 0. The maximum atomic E-state index is 11.2. The van der Waals surface area contributed by atoms with Crippen LogP contribution in [0, 0.1) is 0 Å². The zero-order chi connectivity index (χ0) is 11.8. The number of aromatic amines is 1. The molecule has 0 radical (unpaired) electrons. The molecule has 1 aromatic carbocycles. The van der Waals surface area contributed by atoms with Crippen LogP contribution in [0.25, 0.3) is 22.7 Å². The molecule has 0 atom stereocenters. The number of nitrogen functional groups attached to an aromatic ring is 1. The molecule has 5 heteroatoms. The van der Waals surface area contributed by atoms with Gasteiger partial charge >= 0.3 is 0 Å². The van der Waals surface area contributed by atoms with Crippen molar-refractivity contribution in [2.24, 2.45) is 0 Å². The lowest BCUT2D eigenvalue weighted by Gasteiger charge is -1.92. The number of nitrogens with two attached hydrogens (primary N) is 1. The molecule has 2 aromatic heterocycles. The lowest BCUT2D eigenvalue weighted by Crippen LogP contribution is -2.03. The number of pyridine rings is 1. The molecular weight excluding hydrogens is 218 g/mol. The van der Waals surface area contributed by atoms with Gasteiger partial charge < -0.3 is 15.1 Å². The molecule has 0 saturated carbocycles. The van der Waals surface area contributed by atoms with Gasteiger partial charge in [-0.05, 0) is 18.2 Å². The van der Waals surface area contributed by atoms with E-state index in [1.165, 1.54) is 6.07 Å². The second-order valence-electron chi connectivity index (χ2n) is 3.64. The van der Waals surface area contributed by atoms with Gasteiger partial charge in [0, 0.05) is 6.07 Å². The van der Waals surface area contributed by atoms with Crippen LogP contribution < -0.4 is 11.3 Å². The molecule has 0 amide bonds. The van der Waals surface area contributed by atoms with Crippen molar-refractivity contribution in [3.05, 3.63) is 46.8 Å². The molecule has 3 aromatic rings. The number of hydrogen-bond donors (Lipinski definition) is 2. The largest absolute Gasteiger partial charge is 0.435 e. The fraction of sp³-hybridized carbons (Fsp3) is 0. The van der Waals surface area contributed by atoms with Crippen LogP contribution in [0.3, 0.4) is 0 Å². The van der Waals surface area contributed by atoms with Crippen LogP contribution in [-0.2, 0) is 0 Å². The van der Waals surface area contributed by atoms with Gasteiger partial charge in [0.05, 0.1) is 5.69 Å². The average Bonchev–Trinajstić information content (AvgIpc) is 2.74. The topological polar surface area (TPSA) is 84.9 Å². The number of H-pyrrole nitrogens is 1. The second-order valence-corrected chi connectivity index (χ2v) is 3.64. The van der Waals surface area contributed by atoms with Gasteiger partial charge in [0.25, 0.3) is 0 Å². The third-order valence-corrected chi connectivity index (χ3v) is 2.45. The molecule has 0 aliphatic carbocycles. The highest BCUT2D eigenvalue weighted by atomic mass is 16.3. The predicted molar refractivity (Wildman–Crippen MR) is 64.5 cm³/mol. The maximum Gasteiger partial charge on any atom is 0.248 e. The number of nitrogens with zero attached hydrogens (tertiary/aromatic N) is 1. The quantitative estimate of drug-likeness (QED) is 0.620. The standard InChI is InChI=1S/C12H9N3O2/c13-7-3-1-5-9-11(7)15-12(17-9)8-4-2-6-10(16)14-8/h1-6H,13H2,(H,14,16). The van der Waals surface area contributed by atoms with Gasteiger partial charge in [-0.15, -0.1) is 0 Å². The second kappa shape index (κ2) is 3.48. The van der Waals surface area contributed by atoms with Gasteiger partial charge in [0.1, 0.15) is 11.2 Å². The monoisotopic (exact) mass is 227 g/mol. The molecule has 0 fully saturated rings. The van der Waals surface area contributed by atoms with Gasteiger partial charge in [0.2, 0.25) is 11.4 Å². The number of oxazole rings is 1. The lowest BCUT2D eigenvalue weighted by atomic mass is 10.3. The van der Waals surface area contributed by atoms with E-state index in [0.717, 1.165) is 0 Å². The molecule has 0 spiro atoms. The number of fused-ring (bicyclic) bond motifs is 1. The minimum atomic E-state index is -0.197. The number of nitrogens with one attached hydrogen (secondary N) is 1. The van der Waals surface area contributed by atoms with E-state index in [4.69, 9.17) is 10.2 Å². The number of aromatic nitrogens is 2. The van der Waals surface area contributed by atoms with Crippen molar-refractivity contribution < 1.29 is 4.42 Å². The van der Waals surface area contributed by atoms with E-state index in [1.54, 1.807) is 30.3 Å². The number of para-hydroxylation sites is 1. The Morgan fingerprint density at radius 3 is 2.76 bits per heavy atom. The molecular formula is C12H9N3O2. The van der Waals surface area contributed by atoms with Crippen molar-refractivity contribution in [1.82, 2.24) is 9.97 Å². The van der Waals surface area contributed by atoms with E-state index in [9.17, 15) is 4.79 Å². The predicted octanol–water partition coefficient (Wildman–Crippen LogP) is 1.77. The van der Waals surface area contributed by atoms with Crippen molar-refractivity contribution in [2.45, 2.75) is 0 Å². The van der Waals surface area contributed by atoms with Gasteiger partial charge in [-0.2, -0.15) is 0 Å². The zero-order valence-corrected chi connectivity index (χ0v) is 8.81. The molecule has 84 valence electrons. The van der Waals surface area contributed by atoms with Crippen molar-refractivity contribution in [3.63, 3.8) is 0 Å². The molecule has 3 rings (SSSR count). The SMILES string of the molecule is Nc1cccc2oc(-c3cccc(=O)[nH]3)nc12. The molecule has 0 aliphatic heterocycles. The van der Waals surface area contributed by atoms with E-state index >= 15 is 0 Å². The Balaban J connectivity index is 2.25. The summed E-state index contributed by atoms with van der Waals surface area (Å²) in [5.41, 5.74) is 7.88. The third-order valence-electron chi connectivity index (χ3n) is 2.45. The Kier molecular flexibility index (Phi) is 1.98. The van der Waals surface area contributed by atoms with Crippen LogP contribution >= 0.6 is 0 Å². The molecule has 0 bridgehead atoms. The number of rotatable bonds is 1. The first-order valence-corrected chi connectivity index (χ1v) is 5.09. The minimum absolute atomic E-state index is 0.197. The average molecular weight is 227 g/mol. The van der Waals surface area contributed by atoms with E-state index in [-0.39, 0.29) is 5.56 Å². The van der Waals surface area contributed by atoms with Gasteiger partial charge in [-0.1, -0.05) is 12.1 Å². The highest BCUT2D eigenvalue weighted by Crippen LogP contribution is 2.25. The minimum Gasteiger partial charge on any atom is -0.435 e. The van der Waals surface area contributed by atoms with E-state index in [0.29, 0.717) is 28.4 Å². The number of anilines is 1. The highest BCUT2D eigenvalue weighted by molar-refractivity contribution is 5.86. The summed E-state index contributed by atoms with van der Waals surface area (Å²) in [5, 5.41) is 0. The highest BCUT2D eigenvalue weighted by Gasteiger charge is 2.10. The fourth-order valence-electron chi connectivity index (χ4n) is 1.66. The van der Waals surface area contributed by atoms with Crippen molar-refractivity contribution in [3.8, 4) is 11.6 Å². The molecule has 0 unspecified atom stereocenters. The smallest absolute Gasteiger partial charge is 0.248 e. The first kappa shape index (κ1) is 9.65. The van der Waals surface area contributed by atoms with Crippen LogP contribution in [0.5, 0.6) is 0 Å². The summed E-state index contributed by atoms with van der Waals surface area (Å²) >= 11 is 0. The summed E-state index contributed by atoms with van der Waals surface area (Å²) < 4.78 is 5.53. The van der Waals surface area contributed by atoms with Crippen LogP contribution in [0.2, 0.25) is 0 Å². The Hall–Kier alpha value is -2.56. The van der Waals surface area contributed by atoms with Crippen molar-refractivity contribution in [1.29, 1.82) is 0 Å². The van der Waals surface area contributed by atoms with Crippen LogP contribution in [0.4, 0.5) is 5.69 Å². The number of hydrogen-bond acceptors (Lipinski definition) is 4. The molecule has 17 heavy (non-hydrogen) atoms. The summed E-state index contributed by atoms with van der Waals surface area (Å²) in [5.74, 6) is 0.357. The normalized spacial score (nSPS) is 10.8. The maximum absolute atomic E-state index is 11.2. The fourth-order valence-corrected chi connectivity index (χ4v) is 1.66. The van der Waals surface area contributed by atoms with Gasteiger partial charge in [-0.25, -0.2) is 4.98 Å². The van der Waals surface area contributed by atoms with Crippen LogP contribution in [0.1, 0.15) is 0 Å². The zero-order valence-electron chi connectivity index (χ0n) is 8.81. The first-order chi connectivity index (χ1) is 8.24. The van der Waals surface area contributed by atoms with E-state index < -0.39 is 0 Å². The third kappa shape index (κ3) is 1.57. The number of benzene rings is 1. The van der Waals surface area contributed by atoms with Crippen molar-refractivity contribution >= 4 is 16.8 Å². The Bertz CT molecular complexity index is 743. The van der Waals surface area contributed by atoms with Gasteiger partial charge in [0.15, 0.2) is 5.58 Å². The Morgan fingerprint density at radius 2 is 2.00 bits per heavy atom.